The first-order chi connectivity index (χ1) is 8.90. The van der Waals surface area contributed by atoms with E-state index in [1.807, 2.05) is 0 Å². The molecule has 0 aliphatic rings. The molecule has 100 valence electrons. The second-order valence-corrected chi connectivity index (χ2v) is 5.97. The smallest absolute Gasteiger partial charge is 0.223 e. The lowest BCUT2D eigenvalue weighted by molar-refractivity contribution is 0.398. The Balaban J connectivity index is 2.45. The number of nitrogens with zero attached hydrogens (tertiary/aromatic N) is 2. The van der Waals surface area contributed by atoms with Crippen LogP contribution in [-0.2, 0) is 9.84 Å². The van der Waals surface area contributed by atoms with E-state index in [1.54, 1.807) is 18.2 Å². The first-order valence-corrected chi connectivity index (χ1v) is 7.28. The van der Waals surface area contributed by atoms with Crippen LogP contribution in [0.4, 0.5) is 5.95 Å². The maximum atomic E-state index is 11.4. The van der Waals surface area contributed by atoms with E-state index >= 15 is 0 Å². The Morgan fingerprint density at radius 3 is 2.32 bits per heavy atom. The molecule has 1 heterocycles. The summed E-state index contributed by atoms with van der Waals surface area (Å²) in [5.41, 5.74) is 6.88. The molecule has 2 N–H and O–H groups in total. The molecule has 0 spiro atoms. The van der Waals surface area contributed by atoms with E-state index in [4.69, 9.17) is 10.5 Å². The first kappa shape index (κ1) is 13.3. The third kappa shape index (κ3) is 3.00. The molecule has 2 aromatic rings. The van der Waals surface area contributed by atoms with Crippen LogP contribution in [0.2, 0.25) is 0 Å². The largest absolute Gasteiger partial charge is 0.481 e. The second-order valence-electron chi connectivity index (χ2n) is 3.95. The maximum Gasteiger partial charge on any atom is 0.223 e. The van der Waals surface area contributed by atoms with Crippen molar-refractivity contribution in [3.8, 4) is 17.1 Å². The van der Waals surface area contributed by atoms with E-state index in [0.717, 1.165) is 11.8 Å². The van der Waals surface area contributed by atoms with Crippen LogP contribution in [0.5, 0.6) is 5.88 Å². The van der Waals surface area contributed by atoms with Gasteiger partial charge in [0.2, 0.25) is 11.8 Å². The summed E-state index contributed by atoms with van der Waals surface area (Å²) in [6.45, 7) is 0. The van der Waals surface area contributed by atoms with E-state index in [2.05, 4.69) is 9.97 Å². The Morgan fingerprint density at radius 1 is 1.16 bits per heavy atom. The van der Waals surface area contributed by atoms with Crippen LogP contribution in [0.1, 0.15) is 0 Å². The Kier molecular flexibility index (Phi) is 3.39. The van der Waals surface area contributed by atoms with E-state index in [9.17, 15) is 8.42 Å². The van der Waals surface area contributed by atoms with Gasteiger partial charge in [0.15, 0.2) is 9.84 Å². The topological polar surface area (TPSA) is 95.2 Å². The highest BCUT2D eigenvalue weighted by Crippen LogP contribution is 2.23. The predicted octanol–water partition coefficient (Wildman–Crippen LogP) is 1.14. The molecule has 1 aromatic carbocycles. The Labute approximate surface area is 111 Å². The monoisotopic (exact) mass is 279 g/mol. The lowest BCUT2D eigenvalue weighted by Gasteiger charge is -2.05. The number of hydrogen-bond donors (Lipinski definition) is 1. The number of anilines is 1. The number of nitrogen functional groups attached to an aromatic ring is 1. The number of benzene rings is 1. The molecule has 0 unspecified atom stereocenters. The molecule has 0 aliphatic carbocycles. The lowest BCUT2D eigenvalue weighted by atomic mass is 10.1. The Bertz CT molecular complexity index is 697. The fourth-order valence-corrected chi connectivity index (χ4v) is 2.20. The number of rotatable bonds is 3. The molecule has 1 aromatic heterocycles. The minimum Gasteiger partial charge on any atom is -0.481 e. The molecule has 0 saturated heterocycles. The zero-order valence-electron chi connectivity index (χ0n) is 10.5. The summed E-state index contributed by atoms with van der Waals surface area (Å²) in [4.78, 5) is 8.22. The van der Waals surface area contributed by atoms with Crippen LogP contribution in [-0.4, -0.2) is 31.8 Å². The minimum atomic E-state index is -3.20. The van der Waals surface area contributed by atoms with Crippen molar-refractivity contribution in [3.05, 3.63) is 30.3 Å². The van der Waals surface area contributed by atoms with Crippen LogP contribution in [0.3, 0.4) is 0 Å². The van der Waals surface area contributed by atoms with Gasteiger partial charge in [-0.1, -0.05) is 12.1 Å². The van der Waals surface area contributed by atoms with Crippen molar-refractivity contribution < 1.29 is 13.2 Å². The second kappa shape index (κ2) is 4.85. The van der Waals surface area contributed by atoms with Gasteiger partial charge in [0.25, 0.3) is 0 Å². The molecule has 0 amide bonds. The number of methoxy groups -OCH3 is 1. The van der Waals surface area contributed by atoms with Gasteiger partial charge >= 0.3 is 0 Å². The van der Waals surface area contributed by atoms with Crippen LogP contribution in [0.15, 0.2) is 35.2 Å². The van der Waals surface area contributed by atoms with E-state index in [-0.39, 0.29) is 10.8 Å². The minimum absolute atomic E-state index is 0.0986. The van der Waals surface area contributed by atoms with Crippen molar-refractivity contribution in [2.75, 3.05) is 19.1 Å². The van der Waals surface area contributed by atoms with Crippen molar-refractivity contribution in [3.63, 3.8) is 0 Å². The highest BCUT2D eigenvalue weighted by Gasteiger charge is 2.09. The Morgan fingerprint density at radius 2 is 1.79 bits per heavy atom. The van der Waals surface area contributed by atoms with Gasteiger partial charge in [-0.2, -0.15) is 4.98 Å². The van der Waals surface area contributed by atoms with Crippen LogP contribution in [0, 0.1) is 0 Å². The van der Waals surface area contributed by atoms with E-state index in [1.165, 1.54) is 19.2 Å². The van der Waals surface area contributed by atoms with Gasteiger partial charge in [-0.15, -0.1) is 0 Å². The number of nitrogens with two attached hydrogens (primary N) is 1. The summed E-state index contributed by atoms with van der Waals surface area (Å²) in [5, 5.41) is 0. The normalized spacial score (nSPS) is 11.3. The van der Waals surface area contributed by atoms with Gasteiger partial charge in [-0.3, -0.25) is 0 Å². The quantitative estimate of drug-likeness (QED) is 0.905. The summed E-state index contributed by atoms with van der Waals surface area (Å²) >= 11 is 0. The molecule has 19 heavy (non-hydrogen) atoms. The molecule has 0 aliphatic heterocycles. The van der Waals surface area contributed by atoms with Gasteiger partial charge in [0, 0.05) is 17.9 Å². The summed E-state index contributed by atoms with van der Waals surface area (Å²) in [6.07, 6.45) is 1.16. The SMILES string of the molecule is COc1cc(-c2ccc(S(C)(=O)=O)cc2)nc(N)n1. The summed E-state index contributed by atoms with van der Waals surface area (Å²) in [7, 11) is -1.72. The molecule has 2 rings (SSSR count). The molecule has 6 nitrogen and oxygen atoms in total. The zero-order valence-corrected chi connectivity index (χ0v) is 11.3. The number of sulfone groups is 1. The zero-order chi connectivity index (χ0) is 14.0. The highest BCUT2D eigenvalue weighted by molar-refractivity contribution is 7.90. The number of hydrogen-bond acceptors (Lipinski definition) is 6. The van der Waals surface area contributed by atoms with Gasteiger partial charge in [-0.05, 0) is 12.1 Å². The predicted molar refractivity (Wildman–Crippen MR) is 71.5 cm³/mol. The molecular formula is C12H13N3O3S. The van der Waals surface area contributed by atoms with Gasteiger partial charge in [0.1, 0.15) is 0 Å². The number of aromatic nitrogens is 2. The average molecular weight is 279 g/mol. The van der Waals surface area contributed by atoms with Crippen molar-refractivity contribution in [1.82, 2.24) is 9.97 Å². The van der Waals surface area contributed by atoms with E-state index < -0.39 is 9.84 Å². The van der Waals surface area contributed by atoms with E-state index in [0.29, 0.717) is 11.6 Å². The molecule has 7 heteroatoms. The number of ether oxygens (including phenoxy) is 1. The molecule has 0 radical (unpaired) electrons. The first-order valence-electron chi connectivity index (χ1n) is 5.39. The molecule has 0 bridgehead atoms. The molecule has 0 atom stereocenters. The average Bonchev–Trinajstić information content (AvgIpc) is 2.37. The molecule has 0 saturated carbocycles. The van der Waals surface area contributed by atoms with Gasteiger partial charge in [0.05, 0.1) is 17.7 Å². The van der Waals surface area contributed by atoms with Crippen molar-refractivity contribution in [2.45, 2.75) is 4.90 Å². The van der Waals surface area contributed by atoms with Crippen molar-refractivity contribution >= 4 is 15.8 Å². The Hall–Kier alpha value is -2.15. The van der Waals surface area contributed by atoms with Crippen molar-refractivity contribution in [1.29, 1.82) is 0 Å². The van der Waals surface area contributed by atoms with Gasteiger partial charge < -0.3 is 10.5 Å². The van der Waals surface area contributed by atoms with Gasteiger partial charge in [-0.25, -0.2) is 13.4 Å². The van der Waals surface area contributed by atoms with Crippen LogP contribution >= 0.6 is 0 Å². The fourth-order valence-electron chi connectivity index (χ4n) is 1.57. The summed E-state index contributed by atoms with van der Waals surface area (Å²) in [6, 6.07) is 8.01. The van der Waals surface area contributed by atoms with Crippen LogP contribution in [0.25, 0.3) is 11.3 Å². The standard InChI is InChI=1S/C12H13N3O3S/c1-18-11-7-10(14-12(13)15-11)8-3-5-9(6-4-8)19(2,16)17/h3-7H,1-2H3,(H2,13,14,15). The van der Waals surface area contributed by atoms with Crippen LogP contribution < -0.4 is 10.5 Å². The third-order valence-electron chi connectivity index (χ3n) is 2.51. The lowest BCUT2D eigenvalue weighted by Crippen LogP contribution is -2.00. The molecule has 0 fully saturated rings. The summed E-state index contributed by atoms with van der Waals surface area (Å²) in [5.74, 6) is 0.455. The molecular weight excluding hydrogens is 266 g/mol. The summed E-state index contributed by atoms with van der Waals surface area (Å²) < 4.78 is 27.7. The third-order valence-corrected chi connectivity index (χ3v) is 3.64. The maximum absolute atomic E-state index is 11.4. The highest BCUT2D eigenvalue weighted by atomic mass is 32.2. The van der Waals surface area contributed by atoms with Crippen molar-refractivity contribution in [2.24, 2.45) is 0 Å². The fraction of sp³-hybridized carbons (Fsp3) is 0.167.